The Morgan fingerprint density at radius 3 is 2.62 bits per heavy atom. The van der Waals surface area contributed by atoms with Crippen molar-refractivity contribution in [2.24, 2.45) is 0 Å². The van der Waals surface area contributed by atoms with Gasteiger partial charge in [-0.15, -0.1) is 0 Å². The maximum Gasteiger partial charge on any atom is 0.319 e. The molecule has 0 spiro atoms. The Labute approximate surface area is 143 Å². The Morgan fingerprint density at radius 2 is 1.83 bits per heavy atom. The summed E-state index contributed by atoms with van der Waals surface area (Å²) in [5.74, 6) is 0.882. The van der Waals surface area contributed by atoms with Crippen LogP contribution >= 0.6 is 0 Å². The van der Waals surface area contributed by atoms with Gasteiger partial charge in [0.05, 0.1) is 6.54 Å². The number of benzene rings is 2. The van der Waals surface area contributed by atoms with E-state index in [4.69, 9.17) is 4.74 Å². The molecule has 3 rings (SSSR count). The minimum absolute atomic E-state index is 0.204. The molecule has 0 aliphatic heterocycles. The van der Waals surface area contributed by atoms with Crippen molar-refractivity contribution in [2.75, 3.05) is 18.5 Å². The largest absolute Gasteiger partial charge is 0.492 e. The van der Waals surface area contributed by atoms with Gasteiger partial charge < -0.3 is 15.4 Å². The number of anilines is 1. The molecule has 0 unspecified atom stereocenters. The summed E-state index contributed by atoms with van der Waals surface area (Å²) >= 11 is 0. The summed E-state index contributed by atoms with van der Waals surface area (Å²) in [5, 5.41) is 5.74. The van der Waals surface area contributed by atoms with Gasteiger partial charge in [-0.1, -0.05) is 24.3 Å². The molecule has 24 heavy (non-hydrogen) atoms. The molecule has 0 bridgehead atoms. The SMILES string of the molecule is Cc1cccc(C)c1NC(=O)NCCOc1ccc2c(c1)CCC2. The molecule has 0 saturated carbocycles. The Hall–Kier alpha value is -2.49. The number of aryl methyl sites for hydroxylation is 4. The first kappa shape index (κ1) is 16.4. The number of urea groups is 1. The monoisotopic (exact) mass is 324 g/mol. The average Bonchev–Trinajstić information content (AvgIpc) is 3.03. The smallest absolute Gasteiger partial charge is 0.319 e. The predicted octanol–water partition coefficient (Wildman–Crippen LogP) is 3.99. The number of hydrogen-bond acceptors (Lipinski definition) is 2. The van der Waals surface area contributed by atoms with Gasteiger partial charge in [0.2, 0.25) is 0 Å². The lowest BCUT2D eigenvalue weighted by molar-refractivity contribution is 0.247. The van der Waals surface area contributed by atoms with Crippen molar-refractivity contribution < 1.29 is 9.53 Å². The number of carbonyl (C=O) groups is 1. The van der Waals surface area contributed by atoms with Gasteiger partial charge in [-0.05, 0) is 67.5 Å². The molecule has 2 aromatic rings. The molecule has 0 aromatic heterocycles. The van der Waals surface area contributed by atoms with Gasteiger partial charge in [0.25, 0.3) is 0 Å². The van der Waals surface area contributed by atoms with E-state index >= 15 is 0 Å². The summed E-state index contributed by atoms with van der Waals surface area (Å²) < 4.78 is 5.74. The van der Waals surface area contributed by atoms with E-state index in [0.717, 1.165) is 29.0 Å². The molecular weight excluding hydrogens is 300 g/mol. The normalized spacial score (nSPS) is 12.6. The van der Waals surface area contributed by atoms with E-state index < -0.39 is 0 Å². The molecule has 2 N–H and O–H groups in total. The highest BCUT2D eigenvalue weighted by Gasteiger charge is 2.11. The molecule has 2 amide bonds. The number of carbonyl (C=O) groups excluding carboxylic acids is 1. The zero-order chi connectivity index (χ0) is 16.9. The van der Waals surface area contributed by atoms with Crippen LogP contribution in [0.5, 0.6) is 5.75 Å². The maximum absolute atomic E-state index is 12.0. The van der Waals surface area contributed by atoms with Crippen molar-refractivity contribution in [1.29, 1.82) is 0 Å². The van der Waals surface area contributed by atoms with Crippen molar-refractivity contribution in [3.63, 3.8) is 0 Å². The third-order valence-electron chi connectivity index (χ3n) is 4.45. The molecule has 126 valence electrons. The molecule has 0 atom stereocenters. The fraction of sp³-hybridized carbons (Fsp3) is 0.350. The molecule has 1 aliphatic carbocycles. The third kappa shape index (κ3) is 3.88. The Bertz CT molecular complexity index is 720. The summed E-state index contributed by atoms with van der Waals surface area (Å²) in [7, 11) is 0. The van der Waals surface area contributed by atoms with Crippen molar-refractivity contribution in [2.45, 2.75) is 33.1 Å². The van der Waals surface area contributed by atoms with E-state index in [1.54, 1.807) is 0 Å². The van der Waals surface area contributed by atoms with Crippen LogP contribution in [0.25, 0.3) is 0 Å². The second-order valence-corrected chi connectivity index (χ2v) is 6.28. The van der Waals surface area contributed by atoms with E-state index in [2.05, 4.69) is 22.8 Å². The Balaban J connectivity index is 1.44. The van der Waals surface area contributed by atoms with Crippen LogP contribution in [-0.2, 0) is 12.8 Å². The summed E-state index contributed by atoms with van der Waals surface area (Å²) in [6.07, 6.45) is 3.55. The van der Waals surface area contributed by atoms with Crippen LogP contribution in [-0.4, -0.2) is 19.2 Å². The first-order valence-electron chi connectivity index (χ1n) is 8.49. The minimum Gasteiger partial charge on any atom is -0.492 e. The molecule has 1 aliphatic rings. The van der Waals surface area contributed by atoms with Crippen molar-refractivity contribution in [1.82, 2.24) is 5.32 Å². The van der Waals surface area contributed by atoms with E-state index in [-0.39, 0.29) is 6.03 Å². The molecule has 0 saturated heterocycles. The number of hydrogen-bond donors (Lipinski definition) is 2. The van der Waals surface area contributed by atoms with Gasteiger partial charge in [0.15, 0.2) is 0 Å². The topological polar surface area (TPSA) is 50.4 Å². The zero-order valence-electron chi connectivity index (χ0n) is 14.3. The van der Waals surface area contributed by atoms with Crippen LogP contribution in [0.3, 0.4) is 0 Å². The number of para-hydroxylation sites is 1. The average molecular weight is 324 g/mol. The molecule has 2 aromatic carbocycles. The molecular formula is C20H24N2O2. The van der Waals surface area contributed by atoms with Gasteiger partial charge in [0, 0.05) is 5.69 Å². The summed E-state index contributed by atoms with van der Waals surface area (Å²) in [6.45, 7) is 4.89. The number of rotatable bonds is 5. The van der Waals surface area contributed by atoms with E-state index in [0.29, 0.717) is 13.2 Å². The first-order valence-corrected chi connectivity index (χ1v) is 8.49. The van der Waals surface area contributed by atoms with Crippen molar-refractivity contribution >= 4 is 11.7 Å². The van der Waals surface area contributed by atoms with Gasteiger partial charge in [-0.25, -0.2) is 4.79 Å². The Kier molecular flexibility index (Phi) is 5.04. The van der Waals surface area contributed by atoms with Gasteiger partial charge in [-0.3, -0.25) is 0 Å². The van der Waals surface area contributed by atoms with Crippen LogP contribution < -0.4 is 15.4 Å². The predicted molar refractivity (Wildman–Crippen MR) is 96.9 cm³/mol. The Morgan fingerprint density at radius 1 is 1.08 bits per heavy atom. The van der Waals surface area contributed by atoms with E-state index in [1.807, 2.05) is 38.1 Å². The van der Waals surface area contributed by atoms with Crippen molar-refractivity contribution in [3.05, 3.63) is 58.7 Å². The van der Waals surface area contributed by atoms with Crippen LogP contribution in [0, 0.1) is 13.8 Å². The highest BCUT2D eigenvalue weighted by Crippen LogP contribution is 2.25. The fourth-order valence-electron chi connectivity index (χ4n) is 3.14. The number of nitrogens with one attached hydrogen (secondary N) is 2. The lowest BCUT2D eigenvalue weighted by Gasteiger charge is -2.13. The van der Waals surface area contributed by atoms with Crippen LogP contribution in [0.1, 0.15) is 28.7 Å². The summed E-state index contributed by atoms with van der Waals surface area (Å²) in [5.41, 5.74) is 5.82. The molecule has 4 heteroatoms. The van der Waals surface area contributed by atoms with Crippen LogP contribution in [0.15, 0.2) is 36.4 Å². The zero-order valence-corrected chi connectivity index (χ0v) is 14.3. The van der Waals surface area contributed by atoms with E-state index in [1.165, 1.54) is 24.0 Å². The molecule has 0 fully saturated rings. The van der Waals surface area contributed by atoms with Crippen LogP contribution in [0.2, 0.25) is 0 Å². The highest BCUT2D eigenvalue weighted by atomic mass is 16.5. The van der Waals surface area contributed by atoms with Gasteiger partial charge >= 0.3 is 6.03 Å². The second kappa shape index (κ2) is 7.39. The van der Waals surface area contributed by atoms with Crippen molar-refractivity contribution in [3.8, 4) is 5.75 Å². The van der Waals surface area contributed by atoms with E-state index in [9.17, 15) is 4.79 Å². The number of ether oxygens (including phenoxy) is 1. The maximum atomic E-state index is 12.0. The van der Waals surface area contributed by atoms with Gasteiger partial charge in [0.1, 0.15) is 12.4 Å². The molecule has 4 nitrogen and oxygen atoms in total. The summed E-state index contributed by atoms with van der Waals surface area (Å²) in [6, 6.07) is 12.0. The molecule has 0 heterocycles. The third-order valence-corrected chi connectivity index (χ3v) is 4.45. The second-order valence-electron chi connectivity index (χ2n) is 6.28. The van der Waals surface area contributed by atoms with Crippen LogP contribution in [0.4, 0.5) is 10.5 Å². The lowest BCUT2D eigenvalue weighted by Crippen LogP contribution is -2.32. The molecule has 0 radical (unpaired) electrons. The first-order chi connectivity index (χ1) is 11.6. The highest BCUT2D eigenvalue weighted by molar-refractivity contribution is 5.90. The fourth-order valence-corrected chi connectivity index (χ4v) is 3.14. The number of fused-ring (bicyclic) bond motifs is 1. The number of amides is 2. The quantitative estimate of drug-likeness (QED) is 0.817. The minimum atomic E-state index is -0.204. The standard InChI is InChI=1S/C20H24N2O2/c1-14-5-3-6-15(2)19(14)22-20(23)21-11-12-24-18-10-9-16-7-4-8-17(16)13-18/h3,5-6,9-10,13H,4,7-8,11-12H2,1-2H3,(H2,21,22,23). The van der Waals surface area contributed by atoms with Gasteiger partial charge in [-0.2, -0.15) is 0 Å². The lowest BCUT2D eigenvalue weighted by atomic mass is 10.1. The summed E-state index contributed by atoms with van der Waals surface area (Å²) in [4.78, 5) is 12.0.